The van der Waals surface area contributed by atoms with Gasteiger partial charge < -0.3 is 0 Å². The van der Waals surface area contributed by atoms with E-state index in [2.05, 4.69) is 12.6 Å². The molecule has 1 aromatic rings. The first-order chi connectivity index (χ1) is 5.33. The van der Waals surface area contributed by atoms with Crippen LogP contribution >= 0.6 is 24.2 Å². The van der Waals surface area contributed by atoms with Gasteiger partial charge in [0.05, 0.1) is 0 Å². The number of halogens is 1. The summed E-state index contributed by atoms with van der Waals surface area (Å²) >= 11 is 9.83. The van der Waals surface area contributed by atoms with Gasteiger partial charge in [-0.2, -0.15) is 12.6 Å². The molecule has 58 valence electrons. The molecule has 11 heavy (non-hydrogen) atoms. The van der Waals surface area contributed by atoms with Crippen molar-refractivity contribution in [2.75, 3.05) is 5.75 Å². The van der Waals surface area contributed by atoms with Gasteiger partial charge in [-0.1, -0.05) is 35.9 Å². The van der Waals surface area contributed by atoms with Crippen molar-refractivity contribution < 1.29 is 0 Å². The smallest absolute Gasteiger partial charge is 0.0411 e. The van der Waals surface area contributed by atoms with Crippen LogP contribution in [0.3, 0.4) is 0 Å². The van der Waals surface area contributed by atoms with Crippen molar-refractivity contribution in [3.8, 4) is 0 Å². The summed E-state index contributed by atoms with van der Waals surface area (Å²) in [4.78, 5) is 0. The lowest BCUT2D eigenvalue weighted by molar-refractivity contribution is 1.65. The van der Waals surface area contributed by atoms with Crippen molar-refractivity contribution in [2.45, 2.75) is 0 Å². The van der Waals surface area contributed by atoms with Crippen molar-refractivity contribution >= 4 is 30.3 Å². The molecule has 0 aliphatic rings. The van der Waals surface area contributed by atoms with E-state index in [-0.39, 0.29) is 0 Å². The lowest BCUT2D eigenvalue weighted by Crippen LogP contribution is -1.70. The molecule has 0 atom stereocenters. The zero-order chi connectivity index (χ0) is 8.10. The molecule has 0 saturated carbocycles. The van der Waals surface area contributed by atoms with Crippen LogP contribution in [0.25, 0.3) is 6.08 Å². The van der Waals surface area contributed by atoms with E-state index >= 15 is 0 Å². The minimum Gasteiger partial charge on any atom is -0.175 e. The Kier molecular flexibility index (Phi) is 3.53. The Balaban J connectivity index is 2.79. The average molecular weight is 185 g/mol. The number of benzene rings is 1. The van der Waals surface area contributed by atoms with Crippen LogP contribution in [0, 0.1) is 0 Å². The molecule has 0 bridgehead atoms. The van der Waals surface area contributed by atoms with Crippen molar-refractivity contribution in [1.29, 1.82) is 0 Å². The highest BCUT2D eigenvalue weighted by molar-refractivity contribution is 7.80. The summed E-state index contributed by atoms with van der Waals surface area (Å²) in [5.41, 5.74) is 1.12. The summed E-state index contributed by atoms with van der Waals surface area (Å²) in [5, 5.41) is 0.770. The summed E-state index contributed by atoms with van der Waals surface area (Å²) in [6, 6.07) is 7.72. The van der Waals surface area contributed by atoms with Crippen LogP contribution in [-0.2, 0) is 0 Å². The maximum atomic E-state index is 5.77. The molecule has 0 aromatic heterocycles. The van der Waals surface area contributed by atoms with E-state index in [1.54, 1.807) is 0 Å². The van der Waals surface area contributed by atoms with Gasteiger partial charge in [0.1, 0.15) is 0 Å². The third-order valence-corrected chi connectivity index (χ3v) is 1.71. The van der Waals surface area contributed by atoms with Crippen LogP contribution in [0.4, 0.5) is 0 Å². The summed E-state index contributed by atoms with van der Waals surface area (Å²) < 4.78 is 0. The third-order valence-electron chi connectivity index (χ3n) is 1.26. The Bertz CT molecular complexity index is 255. The monoisotopic (exact) mass is 184 g/mol. The van der Waals surface area contributed by atoms with Gasteiger partial charge in [-0.15, -0.1) is 0 Å². The van der Waals surface area contributed by atoms with E-state index < -0.39 is 0 Å². The maximum Gasteiger partial charge on any atom is 0.0411 e. The van der Waals surface area contributed by atoms with Crippen molar-refractivity contribution in [2.24, 2.45) is 0 Å². The first-order valence-electron chi connectivity index (χ1n) is 3.36. The fraction of sp³-hybridized carbons (Fsp3) is 0.111. The zero-order valence-electron chi connectivity index (χ0n) is 6.00. The van der Waals surface area contributed by atoms with Crippen LogP contribution in [0.1, 0.15) is 5.56 Å². The Morgan fingerprint density at radius 1 is 1.45 bits per heavy atom. The lowest BCUT2D eigenvalue weighted by atomic mass is 10.2. The number of thiol groups is 1. The first-order valence-corrected chi connectivity index (χ1v) is 4.37. The largest absolute Gasteiger partial charge is 0.175 e. The van der Waals surface area contributed by atoms with E-state index in [0.717, 1.165) is 16.3 Å². The van der Waals surface area contributed by atoms with Crippen molar-refractivity contribution in [3.63, 3.8) is 0 Å². The molecule has 0 aliphatic heterocycles. The SMILES string of the molecule is SCC=Cc1cccc(Cl)c1. The summed E-state index contributed by atoms with van der Waals surface area (Å²) in [6.07, 6.45) is 3.98. The van der Waals surface area contributed by atoms with Gasteiger partial charge in [0.15, 0.2) is 0 Å². The second-order valence-electron chi connectivity index (χ2n) is 2.14. The lowest BCUT2D eigenvalue weighted by Gasteiger charge is -1.92. The highest BCUT2D eigenvalue weighted by atomic mass is 35.5. The zero-order valence-corrected chi connectivity index (χ0v) is 7.65. The molecule has 0 N–H and O–H groups in total. The molecule has 1 aromatic carbocycles. The highest BCUT2D eigenvalue weighted by Gasteiger charge is 1.86. The van der Waals surface area contributed by atoms with Crippen LogP contribution in [0.2, 0.25) is 5.02 Å². The molecule has 0 unspecified atom stereocenters. The van der Waals surface area contributed by atoms with E-state index in [4.69, 9.17) is 11.6 Å². The van der Waals surface area contributed by atoms with Gasteiger partial charge in [0, 0.05) is 10.8 Å². The average Bonchev–Trinajstić information content (AvgIpc) is 2.01. The quantitative estimate of drug-likeness (QED) is 0.671. The topological polar surface area (TPSA) is 0 Å². The Morgan fingerprint density at radius 3 is 2.91 bits per heavy atom. The molecule has 1 rings (SSSR count). The second-order valence-corrected chi connectivity index (χ2v) is 2.94. The Morgan fingerprint density at radius 2 is 2.27 bits per heavy atom. The maximum absolute atomic E-state index is 5.77. The van der Waals surface area contributed by atoms with Crippen molar-refractivity contribution in [3.05, 3.63) is 40.9 Å². The summed E-state index contributed by atoms with van der Waals surface area (Å²) in [7, 11) is 0. The predicted molar refractivity (Wildman–Crippen MR) is 54.3 cm³/mol. The molecule has 0 heterocycles. The van der Waals surface area contributed by atoms with Gasteiger partial charge in [-0.05, 0) is 17.7 Å². The standard InChI is InChI=1S/C9H9ClS/c10-9-5-1-3-8(7-9)4-2-6-11/h1-5,7,11H,6H2. The normalized spacial score (nSPS) is 10.7. The number of hydrogen-bond acceptors (Lipinski definition) is 1. The minimum atomic E-state index is 0.756. The van der Waals surface area contributed by atoms with Gasteiger partial charge in [-0.25, -0.2) is 0 Å². The second kappa shape index (κ2) is 4.47. The van der Waals surface area contributed by atoms with Gasteiger partial charge in [-0.3, -0.25) is 0 Å². The van der Waals surface area contributed by atoms with E-state index in [9.17, 15) is 0 Å². The van der Waals surface area contributed by atoms with E-state index in [1.165, 1.54) is 0 Å². The molecule has 0 aliphatic carbocycles. The molecular formula is C9H9ClS. The van der Waals surface area contributed by atoms with Crippen LogP contribution in [-0.4, -0.2) is 5.75 Å². The van der Waals surface area contributed by atoms with Crippen molar-refractivity contribution in [1.82, 2.24) is 0 Å². The number of hydrogen-bond donors (Lipinski definition) is 1. The molecule has 0 saturated heterocycles. The van der Waals surface area contributed by atoms with Gasteiger partial charge in [0.25, 0.3) is 0 Å². The third kappa shape index (κ3) is 3.00. The van der Waals surface area contributed by atoms with E-state index in [1.807, 2.05) is 36.4 Å². The molecule has 0 spiro atoms. The molecular weight excluding hydrogens is 176 g/mol. The Labute approximate surface area is 77.3 Å². The van der Waals surface area contributed by atoms with Crippen LogP contribution in [0.15, 0.2) is 30.3 Å². The van der Waals surface area contributed by atoms with Gasteiger partial charge >= 0.3 is 0 Å². The molecule has 0 nitrogen and oxygen atoms in total. The van der Waals surface area contributed by atoms with Crippen LogP contribution in [0.5, 0.6) is 0 Å². The molecule has 0 amide bonds. The number of rotatable bonds is 2. The van der Waals surface area contributed by atoms with Crippen LogP contribution < -0.4 is 0 Å². The predicted octanol–water partition coefficient (Wildman–Crippen LogP) is 3.28. The Hall–Kier alpha value is -0.400. The van der Waals surface area contributed by atoms with Gasteiger partial charge in [0.2, 0.25) is 0 Å². The summed E-state index contributed by atoms with van der Waals surface area (Å²) in [6.45, 7) is 0. The molecule has 0 fully saturated rings. The highest BCUT2D eigenvalue weighted by Crippen LogP contribution is 2.11. The minimum absolute atomic E-state index is 0.756. The van der Waals surface area contributed by atoms with E-state index in [0.29, 0.717) is 0 Å². The fourth-order valence-corrected chi connectivity index (χ4v) is 1.10. The molecule has 0 radical (unpaired) electrons. The first kappa shape index (κ1) is 8.69. The summed E-state index contributed by atoms with van der Waals surface area (Å²) in [5.74, 6) is 0.756. The molecule has 2 heteroatoms. The fourth-order valence-electron chi connectivity index (χ4n) is 0.799.